The van der Waals surface area contributed by atoms with Crippen molar-refractivity contribution in [1.29, 1.82) is 0 Å². The van der Waals surface area contributed by atoms with Gasteiger partial charge < -0.3 is 20.4 Å². The lowest BCUT2D eigenvalue weighted by molar-refractivity contribution is -0.154. The third-order valence-electron chi connectivity index (χ3n) is 5.61. The molecule has 3 heterocycles. The van der Waals surface area contributed by atoms with Crippen LogP contribution in [0.15, 0.2) is 54.3 Å². The molecule has 3 aromatic rings. The predicted octanol–water partition coefficient (Wildman–Crippen LogP) is 1.59. The molecule has 2 aromatic heterocycles. The Labute approximate surface area is 189 Å². The van der Waals surface area contributed by atoms with Crippen molar-refractivity contribution in [2.24, 2.45) is 0 Å². The van der Waals surface area contributed by atoms with Crippen LogP contribution in [0.1, 0.15) is 42.4 Å². The number of aliphatic hydroxyl groups is 2. The van der Waals surface area contributed by atoms with Gasteiger partial charge >= 0.3 is 0 Å². The van der Waals surface area contributed by atoms with E-state index in [0.717, 1.165) is 29.1 Å². The molecule has 0 bridgehead atoms. The Morgan fingerprint density at radius 1 is 1.19 bits per heavy atom. The molecule has 3 N–H and O–H groups in total. The maximum atomic E-state index is 12.8. The van der Waals surface area contributed by atoms with E-state index in [-0.39, 0.29) is 6.04 Å². The Kier molecular flexibility index (Phi) is 6.63. The van der Waals surface area contributed by atoms with E-state index < -0.39 is 30.1 Å². The average Bonchev–Trinajstić information content (AvgIpc) is 3.58. The molecule has 9 nitrogen and oxygen atoms in total. The second-order valence-corrected chi connectivity index (χ2v) is 8.65. The highest BCUT2D eigenvalue weighted by Gasteiger charge is 2.39. The third-order valence-corrected chi connectivity index (χ3v) is 6.49. The molecule has 1 saturated heterocycles. The highest BCUT2D eigenvalue weighted by molar-refractivity contribution is 7.09. The minimum atomic E-state index is -1.87. The van der Waals surface area contributed by atoms with E-state index in [1.54, 1.807) is 24.0 Å². The van der Waals surface area contributed by atoms with Crippen LogP contribution in [0.25, 0.3) is 5.69 Å². The van der Waals surface area contributed by atoms with Crippen molar-refractivity contribution < 1.29 is 19.8 Å². The summed E-state index contributed by atoms with van der Waals surface area (Å²) in [4.78, 5) is 31.1. The lowest BCUT2D eigenvalue weighted by atomic mass is 10.1. The van der Waals surface area contributed by atoms with Crippen molar-refractivity contribution >= 4 is 23.2 Å². The summed E-state index contributed by atoms with van der Waals surface area (Å²) in [6, 6.07) is 8.59. The van der Waals surface area contributed by atoms with E-state index in [2.05, 4.69) is 15.4 Å². The van der Waals surface area contributed by atoms with Crippen LogP contribution in [0.2, 0.25) is 0 Å². The van der Waals surface area contributed by atoms with Crippen LogP contribution in [0.3, 0.4) is 0 Å². The molecule has 0 saturated carbocycles. The molecule has 168 valence electrons. The fraction of sp³-hybridized carbons (Fsp3) is 0.364. The van der Waals surface area contributed by atoms with Gasteiger partial charge in [-0.25, -0.2) is 9.67 Å². The fourth-order valence-electron chi connectivity index (χ4n) is 3.85. The van der Waals surface area contributed by atoms with Gasteiger partial charge in [-0.15, -0.1) is 11.3 Å². The first-order chi connectivity index (χ1) is 15.5. The van der Waals surface area contributed by atoms with Gasteiger partial charge in [0.05, 0.1) is 17.8 Å². The Bertz CT molecular complexity index is 1040. The zero-order valence-electron chi connectivity index (χ0n) is 17.5. The van der Waals surface area contributed by atoms with Crippen molar-refractivity contribution in [2.45, 2.75) is 44.1 Å². The molecule has 1 aromatic carbocycles. The van der Waals surface area contributed by atoms with E-state index in [9.17, 15) is 19.8 Å². The number of benzene rings is 1. The number of carbonyl (C=O) groups excluding carboxylic acids is 2. The van der Waals surface area contributed by atoms with Crippen LogP contribution in [0.5, 0.6) is 0 Å². The Morgan fingerprint density at radius 2 is 1.97 bits per heavy atom. The van der Waals surface area contributed by atoms with E-state index in [1.807, 2.05) is 41.9 Å². The van der Waals surface area contributed by atoms with Crippen LogP contribution in [0, 0.1) is 0 Å². The quantitative estimate of drug-likeness (QED) is 0.498. The van der Waals surface area contributed by atoms with Crippen molar-refractivity contribution in [3.63, 3.8) is 0 Å². The summed E-state index contributed by atoms with van der Waals surface area (Å²) in [5.74, 6) is -1.47. The Balaban J connectivity index is 1.36. The monoisotopic (exact) mass is 455 g/mol. The summed E-state index contributed by atoms with van der Waals surface area (Å²) in [6.45, 7) is 2.22. The van der Waals surface area contributed by atoms with E-state index in [4.69, 9.17) is 0 Å². The molecule has 32 heavy (non-hydrogen) atoms. The average molecular weight is 456 g/mol. The van der Waals surface area contributed by atoms with Crippen LogP contribution < -0.4 is 5.32 Å². The van der Waals surface area contributed by atoms with Gasteiger partial charge in [-0.05, 0) is 43.5 Å². The van der Waals surface area contributed by atoms with E-state index in [1.165, 1.54) is 16.2 Å². The zero-order chi connectivity index (χ0) is 22.7. The smallest absolute Gasteiger partial charge is 0.255 e. The van der Waals surface area contributed by atoms with Crippen molar-refractivity contribution in [3.05, 3.63) is 64.9 Å². The largest absolute Gasteiger partial charge is 0.380 e. The van der Waals surface area contributed by atoms with Crippen LogP contribution in [0.4, 0.5) is 0 Å². The number of nitrogens with zero attached hydrogens (tertiary/aromatic N) is 4. The molecule has 0 radical (unpaired) electrons. The highest BCUT2D eigenvalue weighted by Crippen LogP contribution is 2.33. The minimum Gasteiger partial charge on any atom is -0.380 e. The van der Waals surface area contributed by atoms with Gasteiger partial charge in [0.15, 0.2) is 12.2 Å². The lowest BCUT2D eigenvalue weighted by Crippen LogP contribution is -2.50. The Morgan fingerprint density at radius 3 is 2.62 bits per heavy atom. The maximum Gasteiger partial charge on any atom is 0.255 e. The minimum absolute atomic E-state index is 0.236. The van der Waals surface area contributed by atoms with Gasteiger partial charge in [0, 0.05) is 30.5 Å². The third kappa shape index (κ3) is 4.57. The number of rotatable bonds is 7. The number of aliphatic hydroxyl groups excluding tert-OH is 2. The zero-order valence-corrected chi connectivity index (χ0v) is 18.4. The molecule has 0 spiro atoms. The first-order valence-corrected chi connectivity index (χ1v) is 11.3. The van der Waals surface area contributed by atoms with Gasteiger partial charge in [0.2, 0.25) is 0 Å². The maximum absolute atomic E-state index is 12.8. The number of hydrogen-bond donors (Lipinski definition) is 3. The summed E-state index contributed by atoms with van der Waals surface area (Å²) in [5.41, 5.74) is 1.68. The molecule has 1 aliphatic rings. The molecule has 1 fully saturated rings. The molecule has 1 aliphatic heterocycles. The first-order valence-electron chi connectivity index (χ1n) is 10.4. The second-order valence-electron chi connectivity index (χ2n) is 7.72. The molecule has 0 unspecified atom stereocenters. The standard InChI is InChI=1S/C22H25N5O4S/c1-14(15-5-7-16(8-6-15)27-12-3-9-24-27)25-20(30)18(28)19(29)22(31)26-11-2-4-17(26)21-23-10-13-32-21/h3,5-10,12-14,17-19,28-29H,2,4,11H2,1H3,(H,25,30)/t14-,17-,18-,19-/m1/s1. The molecule has 4 rings (SSSR count). The molecule has 10 heteroatoms. The summed E-state index contributed by atoms with van der Waals surface area (Å²) in [5, 5.41) is 30.2. The van der Waals surface area contributed by atoms with Gasteiger partial charge in [0.25, 0.3) is 11.8 Å². The molecule has 0 aliphatic carbocycles. The SMILES string of the molecule is C[C@@H](NC(=O)[C@H](O)[C@@H](O)C(=O)N1CCC[C@@H]1c1nccs1)c1ccc(-n2cccn2)cc1. The van der Waals surface area contributed by atoms with Crippen LogP contribution in [-0.2, 0) is 9.59 Å². The molecule has 4 atom stereocenters. The fourth-order valence-corrected chi connectivity index (χ4v) is 4.64. The molecular formula is C22H25N5O4S. The molecule has 2 amide bonds. The Hall–Kier alpha value is -3.08. The number of aromatic nitrogens is 3. The number of carbonyl (C=O) groups is 2. The lowest BCUT2D eigenvalue weighted by Gasteiger charge is -2.27. The van der Waals surface area contributed by atoms with Gasteiger partial charge in [-0.3, -0.25) is 9.59 Å². The summed E-state index contributed by atoms with van der Waals surface area (Å²) in [7, 11) is 0. The van der Waals surface area contributed by atoms with Crippen molar-refractivity contribution in [1.82, 2.24) is 25.0 Å². The summed E-state index contributed by atoms with van der Waals surface area (Å²) < 4.78 is 1.72. The van der Waals surface area contributed by atoms with Crippen LogP contribution >= 0.6 is 11.3 Å². The van der Waals surface area contributed by atoms with Gasteiger partial charge in [-0.1, -0.05) is 12.1 Å². The summed E-state index contributed by atoms with van der Waals surface area (Å²) >= 11 is 1.44. The second kappa shape index (κ2) is 9.60. The normalized spacial score (nSPS) is 18.8. The number of likely N-dealkylation sites (tertiary alicyclic amines) is 1. The topological polar surface area (TPSA) is 121 Å². The molecular weight excluding hydrogens is 430 g/mol. The number of hydrogen-bond acceptors (Lipinski definition) is 7. The van der Waals surface area contributed by atoms with Gasteiger partial charge in [0.1, 0.15) is 5.01 Å². The van der Waals surface area contributed by atoms with Crippen molar-refractivity contribution in [2.75, 3.05) is 6.54 Å². The number of thiazole rings is 1. The number of amides is 2. The first kappa shape index (κ1) is 22.1. The predicted molar refractivity (Wildman–Crippen MR) is 118 cm³/mol. The van der Waals surface area contributed by atoms with E-state index >= 15 is 0 Å². The number of nitrogens with one attached hydrogen (secondary N) is 1. The van der Waals surface area contributed by atoms with Crippen LogP contribution in [-0.4, -0.2) is 60.4 Å². The van der Waals surface area contributed by atoms with Gasteiger partial charge in [-0.2, -0.15) is 5.10 Å². The summed E-state index contributed by atoms with van der Waals surface area (Å²) in [6.07, 6.45) is 2.98. The van der Waals surface area contributed by atoms with E-state index in [0.29, 0.717) is 6.54 Å². The highest BCUT2D eigenvalue weighted by atomic mass is 32.1. The van der Waals surface area contributed by atoms with Crippen molar-refractivity contribution in [3.8, 4) is 5.69 Å².